The van der Waals surface area contributed by atoms with Crippen LogP contribution in [0.5, 0.6) is 11.5 Å². The van der Waals surface area contributed by atoms with E-state index in [0.29, 0.717) is 18.0 Å². The molecular formula is C17H19NO4. The number of hydrogen-bond acceptors (Lipinski definition) is 5. The molecule has 5 heteroatoms. The standard InChI is InChI=1S/C17H19NO4/c19-9-8-18-16(17(20)12-4-2-1-3-5-12)13-6-7-14-15(10-13)22-11-21-14/h1-7,10,16-20H,8-9,11H2/t16-,17-/m0/s1. The number of fused-ring (bicyclic) bond motifs is 1. The lowest BCUT2D eigenvalue weighted by molar-refractivity contribution is 0.124. The van der Waals surface area contributed by atoms with Gasteiger partial charge in [0.25, 0.3) is 0 Å². The molecule has 0 radical (unpaired) electrons. The number of benzene rings is 2. The van der Waals surface area contributed by atoms with Gasteiger partial charge in [-0.25, -0.2) is 0 Å². The van der Waals surface area contributed by atoms with E-state index >= 15 is 0 Å². The van der Waals surface area contributed by atoms with E-state index < -0.39 is 6.10 Å². The molecule has 116 valence electrons. The zero-order valence-electron chi connectivity index (χ0n) is 12.1. The van der Waals surface area contributed by atoms with Gasteiger partial charge in [0.05, 0.1) is 18.8 Å². The van der Waals surface area contributed by atoms with Crippen LogP contribution in [0.2, 0.25) is 0 Å². The van der Waals surface area contributed by atoms with Gasteiger partial charge in [-0.1, -0.05) is 36.4 Å². The average Bonchev–Trinajstić information content (AvgIpc) is 3.03. The zero-order chi connectivity index (χ0) is 15.4. The molecule has 2 aromatic carbocycles. The summed E-state index contributed by atoms with van der Waals surface area (Å²) >= 11 is 0. The fourth-order valence-corrected chi connectivity index (χ4v) is 2.58. The van der Waals surface area contributed by atoms with Crippen molar-refractivity contribution in [3.8, 4) is 11.5 Å². The molecule has 5 nitrogen and oxygen atoms in total. The van der Waals surface area contributed by atoms with E-state index in [1.165, 1.54) is 0 Å². The van der Waals surface area contributed by atoms with Crippen LogP contribution in [0.1, 0.15) is 23.3 Å². The summed E-state index contributed by atoms with van der Waals surface area (Å²) in [5, 5.41) is 23.0. The molecule has 22 heavy (non-hydrogen) atoms. The van der Waals surface area contributed by atoms with Crippen molar-refractivity contribution < 1.29 is 19.7 Å². The van der Waals surface area contributed by atoms with Gasteiger partial charge >= 0.3 is 0 Å². The maximum Gasteiger partial charge on any atom is 0.231 e. The van der Waals surface area contributed by atoms with Crippen LogP contribution in [0.3, 0.4) is 0 Å². The lowest BCUT2D eigenvalue weighted by atomic mass is 9.95. The normalized spacial score (nSPS) is 15.5. The molecule has 0 amide bonds. The Morgan fingerprint density at radius 3 is 2.55 bits per heavy atom. The van der Waals surface area contributed by atoms with E-state index in [1.54, 1.807) is 0 Å². The smallest absolute Gasteiger partial charge is 0.231 e. The van der Waals surface area contributed by atoms with Gasteiger partial charge in [0.2, 0.25) is 6.79 Å². The Kier molecular flexibility index (Phi) is 4.58. The van der Waals surface area contributed by atoms with Crippen molar-refractivity contribution in [1.82, 2.24) is 5.32 Å². The predicted molar refractivity (Wildman–Crippen MR) is 81.8 cm³/mol. The fraction of sp³-hybridized carbons (Fsp3) is 0.294. The Morgan fingerprint density at radius 2 is 1.77 bits per heavy atom. The molecule has 0 bridgehead atoms. The van der Waals surface area contributed by atoms with Crippen LogP contribution in [0.15, 0.2) is 48.5 Å². The molecule has 0 aromatic heterocycles. The second-order valence-corrected chi connectivity index (χ2v) is 5.12. The molecule has 1 aliphatic rings. The maximum absolute atomic E-state index is 10.7. The van der Waals surface area contributed by atoms with Crippen molar-refractivity contribution in [2.24, 2.45) is 0 Å². The summed E-state index contributed by atoms with van der Waals surface area (Å²) in [6.07, 6.45) is -0.729. The Hall–Kier alpha value is -2.08. The quantitative estimate of drug-likeness (QED) is 0.758. The predicted octanol–water partition coefficient (Wildman–Crippen LogP) is 1.77. The number of aliphatic hydroxyl groups excluding tert-OH is 2. The first-order valence-corrected chi connectivity index (χ1v) is 7.26. The topological polar surface area (TPSA) is 71.0 Å². The minimum Gasteiger partial charge on any atom is -0.454 e. The van der Waals surface area contributed by atoms with Gasteiger partial charge in [-0.05, 0) is 23.3 Å². The van der Waals surface area contributed by atoms with Crippen molar-refractivity contribution in [3.63, 3.8) is 0 Å². The fourth-order valence-electron chi connectivity index (χ4n) is 2.58. The van der Waals surface area contributed by atoms with E-state index in [4.69, 9.17) is 14.6 Å². The summed E-state index contributed by atoms with van der Waals surface area (Å²) < 4.78 is 10.7. The number of ether oxygens (including phenoxy) is 2. The van der Waals surface area contributed by atoms with Crippen molar-refractivity contribution in [3.05, 3.63) is 59.7 Å². The van der Waals surface area contributed by atoms with Gasteiger partial charge < -0.3 is 25.0 Å². The van der Waals surface area contributed by atoms with Crippen molar-refractivity contribution in [1.29, 1.82) is 0 Å². The highest BCUT2D eigenvalue weighted by atomic mass is 16.7. The van der Waals surface area contributed by atoms with Gasteiger partial charge in [-0.3, -0.25) is 0 Å². The van der Waals surface area contributed by atoms with E-state index in [9.17, 15) is 5.11 Å². The molecule has 0 unspecified atom stereocenters. The molecule has 0 saturated heterocycles. The number of hydrogen-bond donors (Lipinski definition) is 3. The molecule has 1 heterocycles. The van der Waals surface area contributed by atoms with Gasteiger partial charge in [0.1, 0.15) is 0 Å². The average molecular weight is 301 g/mol. The first-order valence-electron chi connectivity index (χ1n) is 7.26. The van der Waals surface area contributed by atoms with Gasteiger partial charge in [0.15, 0.2) is 11.5 Å². The number of rotatable bonds is 6. The second-order valence-electron chi connectivity index (χ2n) is 5.12. The van der Waals surface area contributed by atoms with Crippen LogP contribution in [0, 0.1) is 0 Å². The third-order valence-corrected chi connectivity index (χ3v) is 3.69. The first kappa shape index (κ1) is 14.8. The monoisotopic (exact) mass is 301 g/mol. The van der Waals surface area contributed by atoms with E-state index in [1.807, 2.05) is 48.5 Å². The first-order chi connectivity index (χ1) is 10.8. The summed E-state index contributed by atoms with van der Waals surface area (Å²) in [6, 6.07) is 14.7. The molecule has 3 rings (SSSR count). The molecule has 2 atom stereocenters. The van der Waals surface area contributed by atoms with Gasteiger partial charge in [-0.15, -0.1) is 0 Å². The Labute approximate surface area is 129 Å². The van der Waals surface area contributed by atoms with E-state index in [-0.39, 0.29) is 19.4 Å². The molecule has 0 fully saturated rings. The van der Waals surface area contributed by atoms with Crippen molar-refractivity contribution in [2.75, 3.05) is 19.9 Å². The van der Waals surface area contributed by atoms with Crippen LogP contribution < -0.4 is 14.8 Å². The van der Waals surface area contributed by atoms with Crippen LogP contribution in [-0.2, 0) is 0 Å². The largest absolute Gasteiger partial charge is 0.454 e. The lowest BCUT2D eigenvalue weighted by Crippen LogP contribution is -2.29. The summed E-state index contributed by atoms with van der Waals surface area (Å²) in [5.41, 5.74) is 1.70. The molecule has 0 aliphatic carbocycles. The van der Waals surface area contributed by atoms with Crippen molar-refractivity contribution >= 4 is 0 Å². The molecule has 3 N–H and O–H groups in total. The summed E-state index contributed by atoms with van der Waals surface area (Å²) in [4.78, 5) is 0. The Morgan fingerprint density at radius 1 is 1.00 bits per heavy atom. The molecule has 1 aliphatic heterocycles. The molecule has 0 spiro atoms. The van der Waals surface area contributed by atoms with Crippen LogP contribution >= 0.6 is 0 Å². The van der Waals surface area contributed by atoms with E-state index in [0.717, 1.165) is 11.1 Å². The zero-order valence-corrected chi connectivity index (χ0v) is 12.1. The van der Waals surface area contributed by atoms with Gasteiger partial charge in [-0.2, -0.15) is 0 Å². The van der Waals surface area contributed by atoms with E-state index in [2.05, 4.69) is 5.32 Å². The Balaban J connectivity index is 1.89. The van der Waals surface area contributed by atoms with Crippen LogP contribution in [0.25, 0.3) is 0 Å². The third-order valence-electron chi connectivity index (χ3n) is 3.69. The minimum absolute atomic E-state index is 0.00254. The molecule has 0 saturated carbocycles. The SMILES string of the molecule is OCCN[C@@H](c1ccc2c(c1)OCO2)[C@@H](O)c1ccccc1. The highest BCUT2D eigenvalue weighted by Gasteiger charge is 2.24. The highest BCUT2D eigenvalue weighted by Crippen LogP contribution is 2.37. The molecule has 2 aromatic rings. The molecular weight excluding hydrogens is 282 g/mol. The van der Waals surface area contributed by atoms with Crippen molar-refractivity contribution in [2.45, 2.75) is 12.1 Å². The summed E-state index contributed by atoms with van der Waals surface area (Å²) in [5.74, 6) is 1.38. The lowest BCUT2D eigenvalue weighted by Gasteiger charge is -2.25. The highest BCUT2D eigenvalue weighted by molar-refractivity contribution is 5.45. The number of nitrogens with one attached hydrogen (secondary N) is 1. The summed E-state index contributed by atoms with van der Waals surface area (Å²) in [6.45, 7) is 0.611. The second kappa shape index (κ2) is 6.79. The number of aliphatic hydroxyl groups is 2. The minimum atomic E-state index is -0.729. The van der Waals surface area contributed by atoms with Crippen LogP contribution in [0.4, 0.5) is 0 Å². The van der Waals surface area contributed by atoms with Gasteiger partial charge in [0, 0.05) is 6.54 Å². The third kappa shape index (κ3) is 3.06. The maximum atomic E-state index is 10.7. The Bertz CT molecular complexity index is 617. The summed E-state index contributed by atoms with van der Waals surface area (Å²) in [7, 11) is 0. The van der Waals surface area contributed by atoms with Crippen LogP contribution in [-0.4, -0.2) is 30.2 Å².